The van der Waals surface area contributed by atoms with Crippen LogP contribution in [-0.4, -0.2) is 31.8 Å². The van der Waals surface area contributed by atoms with Crippen LogP contribution in [0.15, 0.2) is 60.7 Å². The molecule has 0 aromatic heterocycles. The fourth-order valence-corrected chi connectivity index (χ4v) is 3.64. The van der Waals surface area contributed by atoms with E-state index >= 15 is 0 Å². The van der Waals surface area contributed by atoms with Crippen molar-refractivity contribution in [2.45, 2.75) is 18.8 Å². The summed E-state index contributed by atoms with van der Waals surface area (Å²) in [6.07, 6.45) is 0.312. The number of hydrogen-bond acceptors (Lipinski definition) is 4. The molecule has 0 heterocycles. The van der Waals surface area contributed by atoms with Crippen LogP contribution < -0.4 is 10.2 Å². The van der Waals surface area contributed by atoms with Gasteiger partial charge in [-0.2, -0.15) is 0 Å². The third kappa shape index (κ3) is 6.30. The van der Waals surface area contributed by atoms with Gasteiger partial charge < -0.3 is 0 Å². The molecule has 0 spiro atoms. The Morgan fingerprint density at radius 3 is 1.96 bits per heavy atom. The largest absolute Gasteiger partial charge is 0.289 e. The van der Waals surface area contributed by atoms with Crippen molar-refractivity contribution in [1.82, 2.24) is 10.2 Å². The third-order valence-electron chi connectivity index (χ3n) is 3.88. The Morgan fingerprint density at radius 1 is 0.960 bits per heavy atom. The normalized spacial score (nSPS) is 11.4. The molecule has 0 saturated heterocycles. The van der Waals surface area contributed by atoms with E-state index in [0.717, 1.165) is 11.1 Å². The first-order valence-electron chi connectivity index (χ1n) is 8.02. The molecule has 0 bridgehead atoms. The van der Waals surface area contributed by atoms with Gasteiger partial charge in [0.25, 0.3) is 0 Å². The molecule has 0 unspecified atom stereocenters. The van der Waals surface area contributed by atoms with Crippen molar-refractivity contribution in [3.8, 4) is 0 Å². The predicted octanol–water partition coefficient (Wildman–Crippen LogP) is 2.02. The maximum absolute atomic E-state index is 11.9. The van der Waals surface area contributed by atoms with Crippen LogP contribution in [0.3, 0.4) is 0 Å². The van der Waals surface area contributed by atoms with Crippen molar-refractivity contribution in [1.29, 1.82) is 0 Å². The highest BCUT2D eigenvalue weighted by atomic mass is 32.2. The van der Waals surface area contributed by atoms with E-state index in [1.807, 2.05) is 60.7 Å². The van der Waals surface area contributed by atoms with Gasteiger partial charge in [0.15, 0.2) is 0 Å². The van der Waals surface area contributed by atoms with Crippen LogP contribution in [0.25, 0.3) is 0 Å². The van der Waals surface area contributed by atoms with Crippen molar-refractivity contribution < 1.29 is 18.4 Å². The Bertz CT molecular complexity index is 725. The second-order valence-corrected chi connectivity index (χ2v) is 7.59. The Morgan fingerprint density at radius 2 is 1.48 bits per heavy atom. The molecule has 0 aliphatic rings. The zero-order chi connectivity index (χ0) is 18.1. The quantitative estimate of drug-likeness (QED) is 0.470. The number of carbonyl (C=O) groups excluding carboxylic acids is 1. The number of sulfonamides is 1. The highest BCUT2D eigenvalue weighted by Crippen LogP contribution is 2.27. The van der Waals surface area contributed by atoms with Crippen LogP contribution >= 0.6 is 0 Å². The third-order valence-corrected chi connectivity index (χ3v) is 5.27. The second kappa shape index (κ2) is 9.31. The molecule has 2 aromatic carbocycles. The van der Waals surface area contributed by atoms with E-state index in [1.165, 1.54) is 5.48 Å². The van der Waals surface area contributed by atoms with Gasteiger partial charge in [-0.15, -0.1) is 0 Å². The molecule has 0 aliphatic heterocycles. The van der Waals surface area contributed by atoms with Gasteiger partial charge >= 0.3 is 0 Å². The minimum absolute atomic E-state index is 0.0749. The topological polar surface area (TPSA) is 95.5 Å². The number of benzene rings is 2. The first-order chi connectivity index (χ1) is 12.0. The summed E-state index contributed by atoms with van der Waals surface area (Å²) in [7, 11) is -3.57. The van der Waals surface area contributed by atoms with Gasteiger partial charge in [0.05, 0.1) is 5.75 Å². The van der Waals surface area contributed by atoms with Crippen molar-refractivity contribution in [3.63, 3.8) is 0 Å². The SMILES string of the molecule is O=C(CCS(=O)(=O)NCCC(c1ccccc1)c1ccccc1)NO. The van der Waals surface area contributed by atoms with Gasteiger partial charge in [-0.1, -0.05) is 60.7 Å². The summed E-state index contributed by atoms with van der Waals surface area (Å²) in [6.45, 7) is 0.261. The molecule has 6 nitrogen and oxygen atoms in total. The van der Waals surface area contributed by atoms with E-state index in [-0.39, 0.29) is 24.6 Å². The van der Waals surface area contributed by atoms with Crippen LogP contribution in [0.5, 0.6) is 0 Å². The Labute approximate surface area is 147 Å². The molecule has 0 fully saturated rings. The number of amides is 1. The highest BCUT2D eigenvalue weighted by molar-refractivity contribution is 7.89. The maximum atomic E-state index is 11.9. The van der Waals surface area contributed by atoms with Crippen molar-refractivity contribution >= 4 is 15.9 Å². The fourth-order valence-electron chi connectivity index (χ4n) is 2.61. The van der Waals surface area contributed by atoms with Gasteiger partial charge in [-0.05, 0) is 17.5 Å². The predicted molar refractivity (Wildman–Crippen MR) is 95.7 cm³/mol. The van der Waals surface area contributed by atoms with Crippen molar-refractivity contribution in [2.75, 3.05) is 12.3 Å². The maximum Gasteiger partial charge on any atom is 0.244 e. The molecule has 7 heteroatoms. The van der Waals surface area contributed by atoms with E-state index in [9.17, 15) is 13.2 Å². The summed E-state index contributed by atoms with van der Waals surface area (Å²) in [5, 5.41) is 8.42. The number of rotatable bonds is 9. The summed E-state index contributed by atoms with van der Waals surface area (Å²) in [5.74, 6) is -1.01. The lowest BCUT2D eigenvalue weighted by Crippen LogP contribution is -2.31. The van der Waals surface area contributed by atoms with Crippen molar-refractivity contribution in [3.05, 3.63) is 71.8 Å². The monoisotopic (exact) mass is 362 g/mol. The number of hydroxylamine groups is 1. The minimum Gasteiger partial charge on any atom is -0.289 e. The first kappa shape index (κ1) is 19.1. The van der Waals surface area contributed by atoms with Crippen LogP contribution in [-0.2, 0) is 14.8 Å². The molecule has 0 radical (unpaired) electrons. The van der Waals surface area contributed by atoms with E-state index < -0.39 is 15.9 Å². The lowest BCUT2D eigenvalue weighted by Gasteiger charge is -2.18. The standard InChI is InChI=1S/C18H22N2O4S/c21-18(20-22)12-14-25(23,24)19-13-11-17(15-7-3-1-4-8-15)16-9-5-2-6-10-16/h1-10,17,19,22H,11-14H2,(H,20,21). The van der Waals surface area contributed by atoms with E-state index in [1.54, 1.807) is 0 Å². The zero-order valence-corrected chi connectivity index (χ0v) is 14.6. The molecule has 2 rings (SSSR count). The molecule has 2 aromatic rings. The fraction of sp³-hybridized carbons (Fsp3) is 0.278. The summed E-state index contributed by atoms with van der Waals surface area (Å²) < 4.78 is 26.4. The van der Waals surface area contributed by atoms with Crippen LogP contribution in [0.4, 0.5) is 0 Å². The molecule has 3 N–H and O–H groups in total. The molecule has 0 atom stereocenters. The molecular weight excluding hydrogens is 340 g/mol. The smallest absolute Gasteiger partial charge is 0.244 e. The lowest BCUT2D eigenvalue weighted by atomic mass is 9.89. The lowest BCUT2D eigenvalue weighted by molar-refractivity contribution is -0.128. The Kier molecular flexibility index (Phi) is 7.12. The number of nitrogens with one attached hydrogen (secondary N) is 2. The molecule has 25 heavy (non-hydrogen) atoms. The molecular formula is C18H22N2O4S. The van der Waals surface area contributed by atoms with Gasteiger partial charge in [0.1, 0.15) is 0 Å². The highest BCUT2D eigenvalue weighted by Gasteiger charge is 2.17. The van der Waals surface area contributed by atoms with Crippen LogP contribution in [0, 0.1) is 0 Å². The molecule has 0 saturated carbocycles. The average Bonchev–Trinajstić information content (AvgIpc) is 2.65. The van der Waals surface area contributed by atoms with E-state index in [4.69, 9.17) is 5.21 Å². The molecule has 0 aliphatic carbocycles. The zero-order valence-electron chi connectivity index (χ0n) is 13.8. The van der Waals surface area contributed by atoms with Gasteiger partial charge in [-0.25, -0.2) is 18.6 Å². The van der Waals surface area contributed by atoms with E-state index in [2.05, 4.69) is 4.72 Å². The summed E-state index contributed by atoms with van der Waals surface area (Å²) in [5.41, 5.74) is 3.66. The van der Waals surface area contributed by atoms with Crippen LogP contribution in [0.2, 0.25) is 0 Å². The Hall–Kier alpha value is -2.22. The van der Waals surface area contributed by atoms with Crippen molar-refractivity contribution in [2.24, 2.45) is 0 Å². The van der Waals surface area contributed by atoms with Gasteiger partial charge in [0, 0.05) is 18.9 Å². The Balaban J connectivity index is 2.00. The van der Waals surface area contributed by atoms with Gasteiger partial charge in [-0.3, -0.25) is 10.0 Å². The molecule has 134 valence electrons. The number of hydrogen-bond donors (Lipinski definition) is 3. The van der Waals surface area contributed by atoms with Crippen LogP contribution in [0.1, 0.15) is 29.9 Å². The van der Waals surface area contributed by atoms with E-state index in [0.29, 0.717) is 6.42 Å². The number of carbonyl (C=O) groups is 1. The molecule has 1 amide bonds. The second-order valence-electron chi connectivity index (χ2n) is 5.66. The summed E-state index contributed by atoms with van der Waals surface area (Å²) >= 11 is 0. The average molecular weight is 362 g/mol. The first-order valence-corrected chi connectivity index (χ1v) is 9.67. The minimum atomic E-state index is -3.57. The summed E-state index contributed by atoms with van der Waals surface area (Å²) in [4.78, 5) is 11.0. The van der Waals surface area contributed by atoms with Gasteiger partial charge in [0.2, 0.25) is 15.9 Å². The summed E-state index contributed by atoms with van der Waals surface area (Å²) in [6, 6.07) is 19.8.